The minimum absolute atomic E-state index is 0.0325. The quantitative estimate of drug-likeness (QED) is 0.240. The lowest BCUT2D eigenvalue weighted by molar-refractivity contribution is -0.192. The summed E-state index contributed by atoms with van der Waals surface area (Å²) in [5.41, 5.74) is 2.24. The highest BCUT2D eigenvalue weighted by atomic mass is 35.5. The van der Waals surface area contributed by atoms with Crippen LogP contribution in [0, 0.1) is 6.92 Å². The average molecular weight is 601 g/mol. The molecule has 3 rings (SSSR count). The van der Waals surface area contributed by atoms with E-state index in [0.29, 0.717) is 29.4 Å². The van der Waals surface area contributed by atoms with E-state index in [2.05, 4.69) is 11.6 Å². The Balaban J connectivity index is 0.000000708. The number of aromatic carboxylic acids is 1. The molecule has 13 heteroatoms. The number of benzene rings is 3. The van der Waals surface area contributed by atoms with Gasteiger partial charge in [0, 0.05) is 23.8 Å². The Morgan fingerprint density at radius 3 is 2.17 bits per heavy atom. The van der Waals surface area contributed by atoms with Crippen molar-refractivity contribution in [3.63, 3.8) is 0 Å². The van der Waals surface area contributed by atoms with Gasteiger partial charge in [0.1, 0.15) is 0 Å². The third kappa shape index (κ3) is 9.16. The Hall–Kier alpha value is -3.77. The normalized spacial score (nSPS) is 11.2. The first-order chi connectivity index (χ1) is 18.7. The fourth-order valence-corrected chi connectivity index (χ4v) is 5.12. The molecule has 0 bridgehead atoms. The van der Waals surface area contributed by atoms with Gasteiger partial charge in [0.25, 0.3) is 10.0 Å². The fourth-order valence-electron chi connectivity index (χ4n) is 3.57. The van der Waals surface area contributed by atoms with Crippen molar-refractivity contribution in [1.82, 2.24) is 0 Å². The maximum absolute atomic E-state index is 12.9. The number of nitrogens with zero attached hydrogens (tertiary/aromatic N) is 1. The number of carboxylic acids is 2. The van der Waals surface area contributed by atoms with Crippen molar-refractivity contribution >= 4 is 44.9 Å². The lowest BCUT2D eigenvalue weighted by Crippen LogP contribution is -2.26. The zero-order valence-electron chi connectivity index (χ0n) is 21.6. The predicted octanol–water partition coefficient (Wildman–Crippen LogP) is 6.59. The van der Waals surface area contributed by atoms with Crippen LogP contribution in [0.2, 0.25) is 5.02 Å². The Kier molecular flexibility index (Phi) is 11.4. The molecule has 0 aliphatic heterocycles. The minimum Gasteiger partial charge on any atom is -0.478 e. The summed E-state index contributed by atoms with van der Waals surface area (Å²) in [4.78, 5) is 23.1. The van der Waals surface area contributed by atoms with Gasteiger partial charge >= 0.3 is 18.1 Å². The van der Waals surface area contributed by atoms with Gasteiger partial charge in [-0.25, -0.2) is 18.0 Å². The summed E-state index contributed by atoms with van der Waals surface area (Å²) < 4.78 is 60.1. The number of unbranched alkanes of at least 4 members (excludes halogenated alkanes) is 1. The highest BCUT2D eigenvalue weighted by Crippen LogP contribution is 2.29. The van der Waals surface area contributed by atoms with Gasteiger partial charge in [-0.1, -0.05) is 61.3 Å². The second-order valence-electron chi connectivity index (χ2n) is 8.57. The number of hydrogen-bond donors (Lipinski definition) is 3. The van der Waals surface area contributed by atoms with E-state index in [1.165, 1.54) is 12.1 Å². The van der Waals surface area contributed by atoms with Crippen molar-refractivity contribution in [1.29, 1.82) is 0 Å². The molecule has 0 aromatic heterocycles. The van der Waals surface area contributed by atoms with Gasteiger partial charge in [0.2, 0.25) is 0 Å². The van der Waals surface area contributed by atoms with Crippen molar-refractivity contribution in [3.05, 3.63) is 88.4 Å². The molecule has 0 saturated carbocycles. The number of carboxylic acid groups (broad SMARTS) is 2. The van der Waals surface area contributed by atoms with Gasteiger partial charge < -0.3 is 15.1 Å². The number of rotatable bonds is 10. The van der Waals surface area contributed by atoms with Crippen LogP contribution >= 0.6 is 11.6 Å². The number of hydrogen-bond acceptors (Lipinski definition) is 5. The van der Waals surface area contributed by atoms with E-state index in [-0.39, 0.29) is 16.1 Å². The van der Waals surface area contributed by atoms with Crippen LogP contribution in [0.15, 0.2) is 71.6 Å². The Morgan fingerprint density at radius 2 is 1.62 bits per heavy atom. The Labute approximate surface area is 235 Å². The molecule has 0 radical (unpaired) electrons. The molecule has 40 heavy (non-hydrogen) atoms. The summed E-state index contributed by atoms with van der Waals surface area (Å²) >= 11 is 6.08. The van der Waals surface area contributed by atoms with Gasteiger partial charge in [-0.2, -0.15) is 13.2 Å². The fraction of sp³-hybridized carbons (Fsp3) is 0.259. The number of nitrogens with one attached hydrogen (secondary N) is 1. The average Bonchev–Trinajstić information content (AvgIpc) is 2.88. The molecule has 0 aliphatic carbocycles. The SMILES string of the molecule is CCCCN(Cc1ccccc1)c1ccc(NS(=O)(=O)c2cccc(Cl)c2C)cc1C(=O)O.O=C(O)C(F)(F)F. The van der Waals surface area contributed by atoms with Gasteiger partial charge in [0.15, 0.2) is 0 Å². The van der Waals surface area contributed by atoms with Gasteiger partial charge in [-0.3, -0.25) is 4.72 Å². The molecule has 8 nitrogen and oxygen atoms in total. The zero-order chi connectivity index (χ0) is 30.1. The van der Waals surface area contributed by atoms with Crippen LogP contribution in [0.5, 0.6) is 0 Å². The molecule has 0 unspecified atom stereocenters. The molecule has 3 N–H and O–H groups in total. The molecule has 0 spiro atoms. The second-order valence-corrected chi connectivity index (χ2v) is 10.6. The van der Waals surface area contributed by atoms with Crippen LogP contribution in [0.1, 0.15) is 41.3 Å². The van der Waals surface area contributed by atoms with Crippen LogP contribution in [-0.2, 0) is 21.4 Å². The first-order valence-electron chi connectivity index (χ1n) is 11.9. The van der Waals surface area contributed by atoms with Crippen molar-refractivity contribution in [2.45, 2.75) is 44.3 Å². The molecule has 0 saturated heterocycles. The maximum Gasteiger partial charge on any atom is 0.490 e. The summed E-state index contributed by atoms with van der Waals surface area (Å²) in [5.74, 6) is -3.88. The molecule has 3 aromatic rings. The first kappa shape index (κ1) is 32.4. The Morgan fingerprint density at radius 1 is 1.00 bits per heavy atom. The van der Waals surface area contributed by atoms with Gasteiger partial charge in [-0.15, -0.1) is 0 Å². The molecule has 0 fully saturated rings. The summed E-state index contributed by atoms with van der Waals surface area (Å²) in [7, 11) is -3.95. The highest BCUT2D eigenvalue weighted by molar-refractivity contribution is 7.92. The number of aliphatic carboxylic acids is 1. The monoisotopic (exact) mass is 600 g/mol. The Bertz CT molecular complexity index is 1430. The van der Waals surface area contributed by atoms with Crippen molar-refractivity contribution in [3.8, 4) is 0 Å². The zero-order valence-corrected chi connectivity index (χ0v) is 23.1. The second kappa shape index (κ2) is 14.0. The third-order valence-corrected chi connectivity index (χ3v) is 7.50. The lowest BCUT2D eigenvalue weighted by Gasteiger charge is -2.27. The molecular formula is C27H28ClF3N2O6S. The number of anilines is 2. The summed E-state index contributed by atoms with van der Waals surface area (Å²) in [6.45, 7) is 4.93. The van der Waals surface area contributed by atoms with E-state index >= 15 is 0 Å². The molecule has 0 amide bonds. The van der Waals surface area contributed by atoms with E-state index in [4.69, 9.17) is 21.5 Å². The van der Waals surface area contributed by atoms with E-state index in [1.807, 2.05) is 35.2 Å². The maximum atomic E-state index is 12.9. The standard InChI is InChI=1S/C25H27ClN2O4S.C2HF3O2/c1-3-4-15-28(17-19-9-6-5-7-10-19)23-14-13-20(16-21(23)25(29)30)27-33(31,32)24-12-8-11-22(26)18(24)2;3-2(4,5)1(6)7/h5-14,16,27H,3-4,15,17H2,1-2H3,(H,29,30);(H,6,7). The van der Waals surface area contributed by atoms with Gasteiger partial charge in [-0.05, 0) is 54.8 Å². The van der Waals surface area contributed by atoms with E-state index in [0.717, 1.165) is 18.4 Å². The smallest absolute Gasteiger partial charge is 0.478 e. The van der Waals surface area contributed by atoms with Crippen molar-refractivity contribution in [2.75, 3.05) is 16.2 Å². The number of alkyl halides is 3. The van der Waals surface area contributed by atoms with Crippen LogP contribution in [0.25, 0.3) is 0 Å². The van der Waals surface area contributed by atoms with Gasteiger partial charge in [0.05, 0.1) is 16.1 Å². The molecule has 216 valence electrons. The molecular weight excluding hydrogens is 573 g/mol. The molecule has 0 aliphatic rings. The van der Waals surface area contributed by atoms with Crippen molar-refractivity contribution < 1.29 is 41.4 Å². The topological polar surface area (TPSA) is 124 Å². The predicted molar refractivity (Wildman–Crippen MR) is 146 cm³/mol. The highest BCUT2D eigenvalue weighted by Gasteiger charge is 2.38. The summed E-state index contributed by atoms with van der Waals surface area (Å²) in [6.07, 6.45) is -3.22. The van der Waals surface area contributed by atoms with Crippen LogP contribution in [0.4, 0.5) is 24.5 Å². The van der Waals surface area contributed by atoms with E-state index in [9.17, 15) is 31.5 Å². The molecule has 0 heterocycles. The number of halogens is 4. The molecule has 0 atom stereocenters. The summed E-state index contributed by atoms with van der Waals surface area (Å²) in [5, 5.41) is 17.4. The van der Waals surface area contributed by atoms with Crippen LogP contribution in [-0.4, -0.2) is 43.3 Å². The number of sulfonamides is 1. The lowest BCUT2D eigenvalue weighted by atomic mass is 10.1. The first-order valence-corrected chi connectivity index (χ1v) is 13.8. The van der Waals surface area contributed by atoms with Crippen molar-refractivity contribution in [2.24, 2.45) is 0 Å². The van der Waals surface area contributed by atoms with E-state index in [1.54, 1.807) is 31.2 Å². The van der Waals surface area contributed by atoms with Crippen LogP contribution in [0.3, 0.4) is 0 Å². The largest absolute Gasteiger partial charge is 0.490 e. The van der Waals surface area contributed by atoms with Crippen LogP contribution < -0.4 is 9.62 Å². The molecule has 3 aromatic carbocycles. The number of carbonyl (C=O) groups is 2. The minimum atomic E-state index is -5.08. The third-order valence-electron chi connectivity index (χ3n) is 5.57. The van der Waals surface area contributed by atoms with E-state index < -0.39 is 28.1 Å². The summed E-state index contributed by atoms with van der Waals surface area (Å²) in [6, 6.07) is 19.1.